The van der Waals surface area contributed by atoms with Gasteiger partial charge in [-0.2, -0.15) is 5.26 Å². The molecule has 0 aliphatic carbocycles. The minimum atomic E-state index is 0.112. The van der Waals surface area contributed by atoms with Crippen molar-refractivity contribution in [3.05, 3.63) is 65.5 Å². The molecule has 0 aliphatic heterocycles. The standard InChI is InChI=1S/C17H19N3O/c1-14(17-6-4-15(11-18)5-7-17)20(9-10-21)13-16-3-2-8-19-12-16/h2-8,12,14,21H,9-10,13H2,1H3. The molecular formula is C17H19N3O. The number of aliphatic hydroxyl groups is 1. The van der Waals surface area contributed by atoms with E-state index in [1.165, 1.54) is 0 Å². The maximum absolute atomic E-state index is 9.29. The summed E-state index contributed by atoms with van der Waals surface area (Å²) in [5.74, 6) is 0. The third-order valence-corrected chi connectivity index (χ3v) is 3.57. The summed E-state index contributed by atoms with van der Waals surface area (Å²) >= 11 is 0. The zero-order valence-electron chi connectivity index (χ0n) is 12.1. The summed E-state index contributed by atoms with van der Waals surface area (Å²) in [4.78, 5) is 6.32. The van der Waals surface area contributed by atoms with Gasteiger partial charge in [0.25, 0.3) is 0 Å². The van der Waals surface area contributed by atoms with Crippen LogP contribution in [0.2, 0.25) is 0 Å². The second-order valence-electron chi connectivity index (χ2n) is 4.97. The fraction of sp³-hybridized carbons (Fsp3) is 0.294. The van der Waals surface area contributed by atoms with Gasteiger partial charge in [-0.3, -0.25) is 9.88 Å². The molecule has 0 radical (unpaired) electrons. The van der Waals surface area contributed by atoms with Gasteiger partial charge in [0.1, 0.15) is 0 Å². The number of aromatic nitrogens is 1. The normalized spacial score (nSPS) is 12.1. The number of hydrogen-bond acceptors (Lipinski definition) is 4. The van der Waals surface area contributed by atoms with Crippen molar-refractivity contribution in [1.29, 1.82) is 5.26 Å². The molecule has 1 unspecified atom stereocenters. The van der Waals surface area contributed by atoms with Gasteiger partial charge >= 0.3 is 0 Å². The summed E-state index contributed by atoms with van der Waals surface area (Å²) in [6.45, 7) is 3.54. The summed E-state index contributed by atoms with van der Waals surface area (Å²) in [7, 11) is 0. The molecule has 0 fully saturated rings. The average Bonchev–Trinajstić information content (AvgIpc) is 2.55. The van der Waals surface area contributed by atoms with Gasteiger partial charge in [-0.15, -0.1) is 0 Å². The first-order chi connectivity index (χ1) is 10.2. The van der Waals surface area contributed by atoms with Gasteiger partial charge in [0.2, 0.25) is 0 Å². The zero-order chi connectivity index (χ0) is 15.1. The lowest BCUT2D eigenvalue weighted by atomic mass is 10.0. The molecule has 1 atom stereocenters. The first-order valence-corrected chi connectivity index (χ1v) is 6.98. The maximum atomic E-state index is 9.29. The van der Waals surface area contributed by atoms with Crippen LogP contribution in [0.5, 0.6) is 0 Å². The summed E-state index contributed by atoms with van der Waals surface area (Å²) in [6.07, 6.45) is 3.60. The number of benzene rings is 1. The number of aliphatic hydroxyl groups excluding tert-OH is 1. The lowest BCUT2D eigenvalue weighted by Gasteiger charge is -2.28. The number of rotatable bonds is 6. The number of nitrogens with zero attached hydrogens (tertiary/aromatic N) is 3. The van der Waals surface area contributed by atoms with Crippen molar-refractivity contribution in [2.45, 2.75) is 19.5 Å². The van der Waals surface area contributed by atoms with Gasteiger partial charge < -0.3 is 5.11 Å². The molecule has 0 bridgehead atoms. The highest BCUT2D eigenvalue weighted by molar-refractivity contribution is 5.32. The highest BCUT2D eigenvalue weighted by Crippen LogP contribution is 2.22. The van der Waals surface area contributed by atoms with Crippen molar-refractivity contribution in [2.24, 2.45) is 0 Å². The molecule has 0 spiro atoms. The second kappa shape index (κ2) is 7.53. The predicted octanol–water partition coefficient (Wildman–Crippen LogP) is 2.51. The van der Waals surface area contributed by atoms with E-state index in [1.807, 2.05) is 42.6 Å². The van der Waals surface area contributed by atoms with Crippen LogP contribution in [-0.2, 0) is 6.54 Å². The molecule has 2 aromatic rings. The highest BCUT2D eigenvalue weighted by atomic mass is 16.3. The Bertz CT molecular complexity index is 590. The molecule has 1 N–H and O–H groups in total. The van der Waals surface area contributed by atoms with E-state index in [4.69, 9.17) is 5.26 Å². The SMILES string of the molecule is CC(c1ccc(C#N)cc1)N(CCO)Cc1cccnc1. The van der Waals surface area contributed by atoms with Crippen LogP contribution in [-0.4, -0.2) is 28.1 Å². The van der Waals surface area contributed by atoms with E-state index < -0.39 is 0 Å². The zero-order valence-corrected chi connectivity index (χ0v) is 12.1. The molecule has 21 heavy (non-hydrogen) atoms. The second-order valence-corrected chi connectivity index (χ2v) is 4.97. The average molecular weight is 281 g/mol. The third kappa shape index (κ3) is 4.12. The summed E-state index contributed by atoms with van der Waals surface area (Å²) in [6, 6.07) is 13.8. The van der Waals surface area contributed by atoms with E-state index in [0.29, 0.717) is 12.1 Å². The van der Waals surface area contributed by atoms with Crippen molar-refractivity contribution in [2.75, 3.05) is 13.2 Å². The molecule has 108 valence electrons. The molecule has 1 aromatic carbocycles. The minimum absolute atomic E-state index is 0.112. The highest BCUT2D eigenvalue weighted by Gasteiger charge is 2.15. The molecule has 0 amide bonds. The van der Waals surface area contributed by atoms with Crippen LogP contribution in [0.1, 0.15) is 29.7 Å². The van der Waals surface area contributed by atoms with E-state index in [2.05, 4.69) is 22.9 Å². The van der Waals surface area contributed by atoms with Crippen LogP contribution >= 0.6 is 0 Å². The number of hydrogen-bond donors (Lipinski definition) is 1. The van der Waals surface area contributed by atoms with E-state index in [0.717, 1.165) is 17.7 Å². The van der Waals surface area contributed by atoms with Gasteiger partial charge in [-0.05, 0) is 36.2 Å². The predicted molar refractivity (Wildman–Crippen MR) is 81.3 cm³/mol. The Balaban J connectivity index is 2.14. The van der Waals surface area contributed by atoms with Gasteiger partial charge in [0.05, 0.1) is 18.2 Å². The van der Waals surface area contributed by atoms with Crippen molar-refractivity contribution in [3.8, 4) is 6.07 Å². The lowest BCUT2D eigenvalue weighted by Crippen LogP contribution is -2.29. The lowest BCUT2D eigenvalue weighted by molar-refractivity contribution is 0.151. The van der Waals surface area contributed by atoms with Crippen molar-refractivity contribution in [1.82, 2.24) is 9.88 Å². The molecule has 2 rings (SSSR count). The van der Waals surface area contributed by atoms with E-state index in [9.17, 15) is 5.11 Å². The minimum Gasteiger partial charge on any atom is -0.395 e. The summed E-state index contributed by atoms with van der Waals surface area (Å²) in [5, 5.41) is 18.1. The Morgan fingerprint density at radius 3 is 2.62 bits per heavy atom. The van der Waals surface area contributed by atoms with E-state index in [-0.39, 0.29) is 12.6 Å². The summed E-state index contributed by atoms with van der Waals surface area (Å²) in [5.41, 5.74) is 2.91. The van der Waals surface area contributed by atoms with Gasteiger partial charge in [0.15, 0.2) is 0 Å². The first kappa shape index (κ1) is 15.2. The quantitative estimate of drug-likeness (QED) is 0.883. The Morgan fingerprint density at radius 1 is 1.29 bits per heavy atom. The van der Waals surface area contributed by atoms with Crippen LogP contribution in [0.4, 0.5) is 0 Å². The van der Waals surface area contributed by atoms with E-state index >= 15 is 0 Å². The number of nitriles is 1. The van der Waals surface area contributed by atoms with Crippen LogP contribution in [0.15, 0.2) is 48.8 Å². The fourth-order valence-electron chi connectivity index (χ4n) is 2.31. The maximum Gasteiger partial charge on any atom is 0.0991 e. The Kier molecular flexibility index (Phi) is 5.44. The Morgan fingerprint density at radius 2 is 2.05 bits per heavy atom. The van der Waals surface area contributed by atoms with Crippen LogP contribution in [0.3, 0.4) is 0 Å². The molecule has 0 saturated carbocycles. The molecule has 4 nitrogen and oxygen atoms in total. The van der Waals surface area contributed by atoms with Crippen LogP contribution < -0.4 is 0 Å². The van der Waals surface area contributed by atoms with Crippen molar-refractivity contribution >= 4 is 0 Å². The summed E-state index contributed by atoms with van der Waals surface area (Å²) < 4.78 is 0. The van der Waals surface area contributed by atoms with Crippen molar-refractivity contribution in [3.63, 3.8) is 0 Å². The number of pyridine rings is 1. The van der Waals surface area contributed by atoms with Crippen LogP contribution in [0.25, 0.3) is 0 Å². The third-order valence-electron chi connectivity index (χ3n) is 3.57. The molecule has 1 aromatic heterocycles. The molecule has 1 heterocycles. The van der Waals surface area contributed by atoms with E-state index in [1.54, 1.807) is 6.20 Å². The van der Waals surface area contributed by atoms with Crippen LogP contribution in [0, 0.1) is 11.3 Å². The smallest absolute Gasteiger partial charge is 0.0991 e. The van der Waals surface area contributed by atoms with Gasteiger partial charge in [0, 0.05) is 31.5 Å². The Hall–Kier alpha value is -2.22. The molecule has 0 saturated heterocycles. The monoisotopic (exact) mass is 281 g/mol. The molecule has 0 aliphatic rings. The fourth-order valence-corrected chi connectivity index (χ4v) is 2.31. The van der Waals surface area contributed by atoms with Crippen molar-refractivity contribution < 1.29 is 5.11 Å². The van der Waals surface area contributed by atoms with Gasteiger partial charge in [-0.25, -0.2) is 0 Å². The largest absolute Gasteiger partial charge is 0.395 e. The Labute approximate surface area is 125 Å². The molecular weight excluding hydrogens is 262 g/mol. The molecule has 4 heteroatoms. The van der Waals surface area contributed by atoms with Gasteiger partial charge in [-0.1, -0.05) is 18.2 Å². The first-order valence-electron chi connectivity index (χ1n) is 6.98. The topological polar surface area (TPSA) is 60.2 Å².